The molecule has 0 amide bonds. The molecule has 1 unspecified atom stereocenters. The van der Waals surface area contributed by atoms with Crippen LogP contribution in [-0.4, -0.2) is 51.4 Å². The highest BCUT2D eigenvalue weighted by Crippen LogP contribution is 2.55. The molecule has 1 heterocycles. The van der Waals surface area contributed by atoms with Crippen LogP contribution in [0, 0.1) is 5.41 Å². The van der Waals surface area contributed by atoms with Crippen LogP contribution in [0.1, 0.15) is 79.2 Å². The minimum Gasteiger partial charge on any atom is -0.394 e. The Morgan fingerprint density at radius 3 is 2.29 bits per heavy atom. The molecule has 5 nitrogen and oxygen atoms in total. The molecular formula is C28H35ClO5. The van der Waals surface area contributed by atoms with Gasteiger partial charge in [-0.1, -0.05) is 60.8 Å². The maximum absolute atomic E-state index is 10.5. The summed E-state index contributed by atoms with van der Waals surface area (Å²) >= 11 is 6.50. The minimum atomic E-state index is -1.40. The van der Waals surface area contributed by atoms with Crippen molar-refractivity contribution in [2.24, 2.45) is 5.41 Å². The van der Waals surface area contributed by atoms with E-state index in [1.807, 2.05) is 6.07 Å². The van der Waals surface area contributed by atoms with Gasteiger partial charge in [0.1, 0.15) is 30.5 Å². The molecule has 2 saturated carbocycles. The van der Waals surface area contributed by atoms with Crippen LogP contribution in [0.5, 0.6) is 0 Å². The second kappa shape index (κ2) is 9.88. The van der Waals surface area contributed by atoms with Gasteiger partial charge in [0.2, 0.25) is 0 Å². The molecule has 6 atom stereocenters. The lowest BCUT2D eigenvalue weighted by Crippen LogP contribution is -2.55. The van der Waals surface area contributed by atoms with E-state index in [-0.39, 0.29) is 0 Å². The number of rotatable bonds is 5. The zero-order chi connectivity index (χ0) is 23.9. The third-order valence-electron chi connectivity index (χ3n) is 8.50. The van der Waals surface area contributed by atoms with E-state index in [9.17, 15) is 20.4 Å². The highest BCUT2D eigenvalue weighted by molar-refractivity contribution is 6.31. The van der Waals surface area contributed by atoms with Crippen LogP contribution in [0.3, 0.4) is 0 Å². The van der Waals surface area contributed by atoms with E-state index in [0.717, 1.165) is 11.1 Å². The summed E-state index contributed by atoms with van der Waals surface area (Å²) in [6.45, 7) is -0.448. The second-order valence-corrected chi connectivity index (χ2v) is 11.1. The monoisotopic (exact) mass is 486 g/mol. The largest absolute Gasteiger partial charge is 0.394 e. The number of aliphatic hydroxyl groups is 4. The normalized spacial score (nSPS) is 33.0. The van der Waals surface area contributed by atoms with Gasteiger partial charge < -0.3 is 25.2 Å². The lowest BCUT2D eigenvalue weighted by atomic mass is 9.82. The Hall–Kier alpha value is -1.47. The summed E-state index contributed by atoms with van der Waals surface area (Å²) < 4.78 is 5.72. The van der Waals surface area contributed by atoms with Crippen molar-refractivity contribution in [2.75, 3.05) is 6.61 Å². The van der Waals surface area contributed by atoms with Crippen LogP contribution in [0.4, 0.5) is 0 Å². The van der Waals surface area contributed by atoms with Gasteiger partial charge in [0, 0.05) is 5.02 Å². The topological polar surface area (TPSA) is 90.2 Å². The van der Waals surface area contributed by atoms with Crippen LogP contribution < -0.4 is 0 Å². The molecule has 0 radical (unpaired) electrons. The van der Waals surface area contributed by atoms with Crippen LogP contribution in [-0.2, 0) is 11.2 Å². The average molecular weight is 487 g/mol. The number of benzene rings is 2. The van der Waals surface area contributed by atoms with Crippen molar-refractivity contribution in [3.05, 3.63) is 69.7 Å². The molecule has 1 saturated heterocycles. The highest BCUT2D eigenvalue weighted by atomic mass is 35.5. The number of halogens is 1. The lowest BCUT2D eigenvalue weighted by molar-refractivity contribution is -0.231. The summed E-state index contributed by atoms with van der Waals surface area (Å²) in [5, 5.41) is 40.8. The zero-order valence-electron chi connectivity index (χ0n) is 19.4. The fraction of sp³-hybridized carbons (Fsp3) is 0.571. The Labute approximate surface area is 206 Å². The van der Waals surface area contributed by atoms with Crippen molar-refractivity contribution in [1.29, 1.82) is 0 Å². The standard InChI is InChI=1S/C28H35ClO5/c29-22-8-7-19(27-26(33)25(32)24(31)23(16-30)34-27)14-21(22)13-17-3-5-18(6-4-17)20-9-12-28(15-20)10-1-2-11-28/h3-8,14,20,23-27,30-33H,1-2,9-13,15-16H2/t20?,23-,24-,25+,26-,27-/m1/s1. The first-order chi connectivity index (χ1) is 16.4. The number of ether oxygens (including phenoxy) is 1. The van der Waals surface area contributed by atoms with Gasteiger partial charge in [-0.15, -0.1) is 0 Å². The van der Waals surface area contributed by atoms with Crippen LogP contribution in [0.2, 0.25) is 5.02 Å². The number of hydrogen-bond donors (Lipinski definition) is 4. The average Bonchev–Trinajstić information content (AvgIpc) is 3.49. The lowest BCUT2D eigenvalue weighted by Gasteiger charge is -2.40. The van der Waals surface area contributed by atoms with Gasteiger partial charge in [-0.2, -0.15) is 0 Å². The second-order valence-electron chi connectivity index (χ2n) is 10.7. The van der Waals surface area contributed by atoms with Crippen molar-refractivity contribution in [2.45, 2.75) is 87.8 Å². The third kappa shape index (κ3) is 4.67. The molecule has 1 aliphatic heterocycles. The summed E-state index contributed by atoms with van der Waals surface area (Å²) in [7, 11) is 0. The summed E-state index contributed by atoms with van der Waals surface area (Å²) in [4.78, 5) is 0. The van der Waals surface area contributed by atoms with Crippen LogP contribution in [0.15, 0.2) is 42.5 Å². The van der Waals surface area contributed by atoms with Gasteiger partial charge in [-0.05, 0) is 78.2 Å². The molecular weight excluding hydrogens is 452 g/mol. The van der Waals surface area contributed by atoms with E-state index in [4.69, 9.17) is 16.3 Å². The van der Waals surface area contributed by atoms with E-state index < -0.39 is 37.1 Å². The molecule has 3 fully saturated rings. The van der Waals surface area contributed by atoms with Crippen molar-refractivity contribution < 1.29 is 25.2 Å². The van der Waals surface area contributed by atoms with Crippen molar-refractivity contribution in [1.82, 2.24) is 0 Å². The molecule has 184 valence electrons. The molecule has 4 N–H and O–H groups in total. The SMILES string of the molecule is OC[C@H]1O[C@H](c2ccc(Cl)c(Cc3ccc(C4CCC5(CCCC5)C4)cc3)c2)[C@H](O)[C@@H](O)[C@@H]1O. The van der Waals surface area contributed by atoms with Gasteiger partial charge in [0.05, 0.1) is 6.61 Å². The van der Waals surface area contributed by atoms with Crippen LogP contribution >= 0.6 is 11.6 Å². The fourth-order valence-electron chi connectivity index (χ4n) is 6.48. The fourth-order valence-corrected chi connectivity index (χ4v) is 6.67. The van der Waals surface area contributed by atoms with Gasteiger partial charge in [-0.25, -0.2) is 0 Å². The van der Waals surface area contributed by atoms with Crippen molar-refractivity contribution in [3.8, 4) is 0 Å². The van der Waals surface area contributed by atoms with Crippen LogP contribution in [0.25, 0.3) is 0 Å². The Balaban J connectivity index is 1.30. The molecule has 3 aliphatic rings. The number of hydrogen-bond acceptors (Lipinski definition) is 5. The Morgan fingerprint density at radius 2 is 1.59 bits per heavy atom. The van der Waals surface area contributed by atoms with Gasteiger partial charge in [-0.3, -0.25) is 0 Å². The quantitative estimate of drug-likeness (QED) is 0.506. The zero-order valence-corrected chi connectivity index (χ0v) is 20.2. The first-order valence-electron chi connectivity index (χ1n) is 12.6. The maximum Gasteiger partial charge on any atom is 0.113 e. The molecule has 2 aromatic rings. The summed E-state index contributed by atoms with van der Waals surface area (Å²) in [6, 6.07) is 14.3. The highest BCUT2D eigenvalue weighted by Gasteiger charge is 2.44. The number of aliphatic hydroxyl groups excluding tert-OH is 4. The molecule has 0 bridgehead atoms. The van der Waals surface area contributed by atoms with Gasteiger partial charge in [0.25, 0.3) is 0 Å². The van der Waals surface area contributed by atoms with E-state index in [2.05, 4.69) is 24.3 Å². The van der Waals surface area contributed by atoms with Gasteiger partial charge >= 0.3 is 0 Å². The predicted molar refractivity (Wildman–Crippen MR) is 131 cm³/mol. The molecule has 2 aliphatic carbocycles. The van der Waals surface area contributed by atoms with Gasteiger partial charge in [0.15, 0.2) is 0 Å². The maximum atomic E-state index is 10.5. The Kier molecular flexibility index (Phi) is 7.04. The Bertz CT molecular complexity index is 985. The molecule has 0 aromatic heterocycles. The molecule has 34 heavy (non-hydrogen) atoms. The summed E-state index contributed by atoms with van der Waals surface area (Å²) in [5.74, 6) is 0.672. The molecule has 1 spiro atoms. The van der Waals surface area contributed by atoms with E-state index >= 15 is 0 Å². The van der Waals surface area contributed by atoms with E-state index in [1.54, 1.807) is 12.1 Å². The third-order valence-corrected chi connectivity index (χ3v) is 8.87. The molecule has 2 aromatic carbocycles. The summed E-state index contributed by atoms with van der Waals surface area (Å²) in [5.41, 5.74) is 4.76. The first-order valence-corrected chi connectivity index (χ1v) is 12.9. The minimum absolute atomic E-state index is 0.448. The molecule has 5 rings (SSSR count). The van der Waals surface area contributed by atoms with Crippen molar-refractivity contribution in [3.63, 3.8) is 0 Å². The summed E-state index contributed by atoms with van der Waals surface area (Å²) in [6.07, 6.45) is 4.38. The molecule has 6 heteroatoms. The first kappa shape index (κ1) is 24.2. The smallest absolute Gasteiger partial charge is 0.113 e. The van der Waals surface area contributed by atoms with E-state index in [0.29, 0.717) is 28.3 Å². The van der Waals surface area contributed by atoms with Crippen molar-refractivity contribution >= 4 is 11.6 Å². The van der Waals surface area contributed by atoms with E-state index in [1.165, 1.54) is 50.5 Å². The predicted octanol–water partition coefficient (Wildman–Crippen LogP) is 4.27. The Morgan fingerprint density at radius 1 is 0.882 bits per heavy atom.